The fourth-order valence-corrected chi connectivity index (χ4v) is 4.19. The number of thiazole rings is 1. The minimum absolute atomic E-state index is 0.0259. The van der Waals surface area contributed by atoms with Crippen molar-refractivity contribution in [3.05, 3.63) is 23.3 Å². The standard InChI is InChI=1S/C18H26N4OS/c1-12-10-13(2)15-14(11-12)24-17(19-15)22-8-6-21(7-9-22)16(23)20-18(3,4)5/h10-11H,6-9H2,1-5H3,(H,20,23). The van der Waals surface area contributed by atoms with Crippen LogP contribution in [-0.2, 0) is 0 Å². The molecule has 5 nitrogen and oxygen atoms in total. The molecule has 3 rings (SSSR count). The second kappa shape index (κ2) is 6.24. The number of urea groups is 1. The van der Waals surface area contributed by atoms with E-state index >= 15 is 0 Å². The van der Waals surface area contributed by atoms with Crippen molar-refractivity contribution in [2.45, 2.75) is 40.2 Å². The molecule has 2 amide bonds. The van der Waals surface area contributed by atoms with E-state index < -0.39 is 0 Å². The van der Waals surface area contributed by atoms with E-state index in [9.17, 15) is 4.79 Å². The fraction of sp³-hybridized carbons (Fsp3) is 0.556. The summed E-state index contributed by atoms with van der Waals surface area (Å²) in [5.74, 6) is 0. The number of aromatic nitrogens is 1. The predicted molar refractivity (Wildman–Crippen MR) is 101 cm³/mol. The van der Waals surface area contributed by atoms with Crippen molar-refractivity contribution in [2.75, 3.05) is 31.1 Å². The van der Waals surface area contributed by atoms with E-state index in [1.54, 1.807) is 11.3 Å². The first-order chi connectivity index (χ1) is 11.2. The summed E-state index contributed by atoms with van der Waals surface area (Å²) in [7, 11) is 0. The van der Waals surface area contributed by atoms with Gasteiger partial charge in [0, 0.05) is 31.7 Å². The lowest BCUT2D eigenvalue weighted by atomic mass is 10.1. The Morgan fingerprint density at radius 3 is 2.46 bits per heavy atom. The van der Waals surface area contributed by atoms with Crippen LogP contribution in [0.5, 0.6) is 0 Å². The van der Waals surface area contributed by atoms with Crippen LogP contribution in [-0.4, -0.2) is 47.6 Å². The molecule has 1 aliphatic rings. The number of fused-ring (bicyclic) bond motifs is 1. The van der Waals surface area contributed by atoms with Crippen LogP contribution in [0.1, 0.15) is 31.9 Å². The average molecular weight is 347 g/mol. The molecule has 1 saturated heterocycles. The molecule has 0 aliphatic carbocycles. The Morgan fingerprint density at radius 1 is 1.17 bits per heavy atom. The van der Waals surface area contributed by atoms with E-state index in [4.69, 9.17) is 4.98 Å². The SMILES string of the molecule is Cc1cc(C)c2nc(N3CCN(C(=O)NC(C)(C)C)CC3)sc2c1. The Morgan fingerprint density at radius 2 is 1.83 bits per heavy atom. The molecule has 2 heterocycles. The van der Waals surface area contributed by atoms with Crippen LogP contribution in [0.4, 0.5) is 9.93 Å². The highest BCUT2D eigenvalue weighted by atomic mass is 32.1. The topological polar surface area (TPSA) is 48.5 Å². The van der Waals surface area contributed by atoms with Gasteiger partial charge < -0.3 is 15.1 Å². The quantitative estimate of drug-likeness (QED) is 0.859. The number of carbonyl (C=O) groups excluding carboxylic acids is 1. The molecule has 6 heteroatoms. The highest BCUT2D eigenvalue weighted by molar-refractivity contribution is 7.22. The van der Waals surface area contributed by atoms with Gasteiger partial charge in [-0.25, -0.2) is 9.78 Å². The Balaban J connectivity index is 1.69. The summed E-state index contributed by atoms with van der Waals surface area (Å²) in [4.78, 5) is 21.3. The van der Waals surface area contributed by atoms with Gasteiger partial charge in [0.25, 0.3) is 0 Å². The molecule has 0 unspecified atom stereocenters. The molecule has 1 N–H and O–H groups in total. The van der Waals surface area contributed by atoms with E-state index in [1.807, 2.05) is 25.7 Å². The number of benzene rings is 1. The predicted octanol–water partition coefficient (Wildman–Crippen LogP) is 3.54. The zero-order valence-electron chi connectivity index (χ0n) is 15.1. The molecule has 2 aromatic rings. The molecule has 24 heavy (non-hydrogen) atoms. The normalized spacial score (nSPS) is 15.9. The largest absolute Gasteiger partial charge is 0.345 e. The Kier molecular flexibility index (Phi) is 4.42. The van der Waals surface area contributed by atoms with Gasteiger partial charge in [-0.3, -0.25) is 0 Å². The number of carbonyl (C=O) groups is 1. The van der Waals surface area contributed by atoms with E-state index in [0.29, 0.717) is 0 Å². The molecule has 1 aliphatic heterocycles. The van der Waals surface area contributed by atoms with Crippen molar-refractivity contribution in [3.63, 3.8) is 0 Å². The smallest absolute Gasteiger partial charge is 0.317 e. The minimum atomic E-state index is -0.198. The van der Waals surface area contributed by atoms with E-state index in [0.717, 1.165) is 36.8 Å². The number of hydrogen-bond donors (Lipinski definition) is 1. The number of nitrogens with zero attached hydrogens (tertiary/aromatic N) is 3. The highest BCUT2D eigenvalue weighted by Crippen LogP contribution is 2.32. The molecule has 1 aromatic carbocycles. The molecule has 130 valence electrons. The molecule has 1 aromatic heterocycles. The molecular weight excluding hydrogens is 320 g/mol. The monoisotopic (exact) mass is 346 g/mol. The Hall–Kier alpha value is -1.82. The first kappa shape index (κ1) is 17.0. The lowest BCUT2D eigenvalue weighted by Crippen LogP contribution is -2.55. The number of hydrogen-bond acceptors (Lipinski definition) is 4. The van der Waals surface area contributed by atoms with Gasteiger partial charge in [0.2, 0.25) is 0 Å². The van der Waals surface area contributed by atoms with Crippen LogP contribution in [0.15, 0.2) is 12.1 Å². The lowest BCUT2D eigenvalue weighted by Gasteiger charge is -2.36. The third kappa shape index (κ3) is 3.64. The molecule has 0 saturated carbocycles. The number of rotatable bonds is 1. The number of nitrogens with one attached hydrogen (secondary N) is 1. The number of piperazine rings is 1. The van der Waals surface area contributed by atoms with Gasteiger partial charge in [-0.05, 0) is 51.8 Å². The van der Waals surface area contributed by atoms with E-state index in [-0.39, 0.29) is 11.6 Å². The van der Waals surface area contributed by atoms with Crippen LogP contribution >= 0.6 is 11.3 Å². The van der Waals surface area contributed by atoms with Gasteiger partial charge in [-0.2, -0.15) is 0 Å². The first-order valence-corrected chi connectivity index (χ1v) is 9.24. The highest BCUT2D eigenvalue weighted by Gasteiger charge is 2.25. The molecule has 1 fully saturated rings. The van der Waals surface area contributed by atoms with Gasteiger partial charge in [0.15, 0.2) is 5.13 Å². The second-order valence-corrected chi connectivity index (χ2v) is 8.59. The number of amides is 2. The van der Waals surface area contributed by atoms with Crippen LogP contribution in [0, 0.1) is 13.8 Å². The summed E-state index contributed by atoms with van der Waals surface area (Å²) in [5, 5.41) is 4.10. The number of anilines is 1. The van der Waals surface area contributed by atoms with Crippen molar-refractivity contribution in [1.29, 1.82) is 0 Å². The van der Waals surface area contributed by atoms with Crippen LogP contribution in [0.25, 0.3) is 10.2 Å². The first-order valence-electron chi connectivity index (χ1n) is 8.43. The maximum absolute atomic E-state index is 12.3. The van der Waals surface area contributed by atoms with Crippen molar-refractivity contribution >= 4 is 32.7 Å². The fourth-order valence-electron chi connectivity index (χ4n) is 2.99. The summed E-state index contributed by atoms with van der Waals surface area (Å²) in [6.45, 7) is 13.4. The summed E-state index contributed by atoms with van der Waals surface area (Å²) in [6, 6.07) is 4.41. The maximum Gasteiger partial charge on any atom is 0.317 e. The summed E-state index contributed by atoms with van der Waals surface area (Å²) >= 11 is 1.75. The van der Waals surface area contributed by atoms with Crippen LogP contribution in [0.3, 0.4) is 0 Å². The van der Waals surface area contributed by atoms with Gasteiger partial charge in [0.1, 0.15) is 0 Å². The van der Waals surface area contributed by atoms with Gasteiger partial charge in [-0.1, -0.05) is 17.4 Å². The molecule has 0 spiro atoms. The second-order valence-electron chi connectivity index (χ2n) is 7.58. The van der Waals surface area contributed by atoms with Gasteiger partial charge in [0.05, 0.1) is 10.2 Å². The third-order valence-corrected chi connectivity index (χ3v) is 5.20. The Labute approximate surface area is 147 Å². The average Bonchev–Trinajstić information content (AvgIpc) is 2.90. The van der Waals surface area contributed by atoms with Crippen molar-refractivity contribution in [3.8, 4) is 0 Å². The van der Waals surface area contributed by atoms with Crippen molar-refractivity contribution in [1.82, 2.24) is 15.2 Å². The maximum atomic E-state index is 12.3. The van der Waals surface area contributed by atoms with Gasteiger partial charge in [-0.15, -0.1) is 0 Å². The molecule has 0 atom stereocenters. The molecular formula is C18H26N4OS. The summed E-state index contributed by atoms with van der Waals surface area (Å²) in [5.41, 5.74) is 3.42. The van der Waals surface area contributed by atoms with Crippen LogP contribution in [0.2, 0.25) is 0 Å². The van der Waals surface area contributed by atoms with Crippen LogP contribution < -0.4 is 10.2 Å². The summed E-state index contributed by atoms with van der Waals surface area (Å²) < 4.78 is 1.25. The lowest BCUT2D eigenvalue weighted by molar-refractivity contribution is 0.185. The zero-order valence-corrected chi connectivity index (χ0v) is 16.0. The van der Waals surface area contributed by atoms with E-state index in [2.05, 4.69) is 36.2 Å². The third-order valence-electron chi connectivity index (χ3n) is 4.14. The van der Waals surface area contributed by atoms with E-state index in [1.165, 1.54) is 15.8 Å². The molecule has 0 bridgehead atoms. The van der Waals surface area contributed by atoms with Crippen molar-refractivity contribution in [2.24, 2.45) is 0 Å². The summed E-state index contributed by atoms with van der Waals surface area (Å²) in [6.07, 6.45) is 0. The Bertz CT molecular complexity index is 754. The molecule has 0 radical (unpaired) electrons. The van der Waals surface area contributed by atoms with Gasteiger partial charge >= 0.3 is 6.03 Å². The van der Waals surface area contributed by atoms with Crippen molar-refractivity contribution < 1.29 is 4.79 Å². The minimum Gasteiger partial charge on any atom is -0.345 e. The zero-order chi connectivity index (χ0) is 17.5. The number of aryl methyl sites for hydroxylation is 2.